The molecule has 3 heterocycles. The van der Waals surface area contributed by atoms with Gasteiger partial charge in [-0.25, -0.2) is 19.3 Å². The van der Waals surface area contributed by atoms with Crippen LogP contribution in [0.3, 0.4) is 0 Å². The zero-order chi connectivity index (χ0) is 18.0. The highest BCUT2D eigenvalue weighted by Gasteiger charge is 2.23. The first kappa shape index (κ1) is 17.1. The number of nitrogens with zero attached hydrogens (tertiary/aromatic N) is 4. The number of pyridine rings is 1. The minimum absolute atomic E-state index is 0.0346. The SMILES string of the molecule is CC(C)Oc1cc(C(=N)c2cc(N3CCC(F)C3)ncn2)c(N)cn1. The number of nitrogens with two attached hydrogens (primary N) is 1. The van der Waals surface area contributed by atoms with Crippen LogP contribution in [0.5, 0.6) is 5.88 Å². The molecule has 0 spiro atoms. The van der Waals surface area contributed by atoms with Crippen molar-refractivity contribution in [1.82, 2.24) is 15.0 Å². The van der Waals surface area contributed by atoms with E-state index in [2.05, 4.69) is 15.0 Å². The molecule has 2 aromatic heterocycles. The van der Waals surface area contributed by atoms with Crippen LogP contribution in [0.4, 0.5) is 15.9 Å². The van der Waals surface area contributed by atoms with E-state index in [0.717, 1.165) is 0 Å². The van der Waals surface area contributed by atoms with Gasteiger partial charge in [0.2, 0.25) is 5.88 Å². The van der Waals surface area contributed by atoms with Crippen LogP contribution in [-0.4, -0.2) is 46.0 Å². The van der Waals surface area contributed by atoms with E-state index in [0.29, 0.717) is 48.2 Å². The Hall–Kier alpha value is -2.77. The van der Waals surface area contributed by atoms with Crippen LogP contribution < -0.4 is 15.4 Å². The van der Waals surface area contributed by atoms with Gasteiger partial charge in [-0.2, -0.15) is 0 Å². The fourth-order valence-electron chi connectivity index (χ4n) is 2.69. The number of ether oxygens (including phenoxy) is 1. The predicted molar refractivity (Wildman–Crippen MR) is 94.1 cm³/mol. The second kappa shape index (κ2) is 7.00. The molecule has 1 fully saturated rings. The summed E-state index contributed by atoms with van der Waals surface area (Å²) in [5.74, 6) is 1.01. The van der Waals surface area contributed by atoms with E-state index >= 15 is 0 Å². The highest BCUT2D eigenvalue weighted by Crippen LogP contribution is 2.23. The number of nitrogen functional groups attached to an aromatic ring is 1. The molecule has 0 aromatic carbocycles. The Morgan fingerprint density at radius 1 is 1.36 bits per heavy atom. The lowest BCUT2D eigenvalue weighted by Gasteiger charge is -2.17. The smallest absolute Gasteiger partial charge is 0.214 e. The Morgan fingerprint density at radius 2 is 2.16 bits per heavy atom. The zero-order valence-corrected chi connectivity index (χ0v) is 14.2. The molecule has 7 nitrogen and oxygen atoms in total. The average Bonchev–Trinajstić information content (AvgIpc) is 3.02. The predicted octanol–water partition coefficient (Wildman–Crippen LogP) is 2.21. The van der Waals surface area contributed by atoms with Crippen LogP contribution in [0, 0.1) is 5.41 Å². The number of alkyl halides is 1. The minimum Gasteiger partial charge on any atom is -0.475 e. The molecule has 0 bridgehead atoms. The zero-order valence-electron chi connectivity index (χ0n) is 14.2. The summed E-state index contributed by atoms with van der Waals surface area (Å²) < 4.78 is 19.0. The Balaban J connectivity index is 1.88. The van der Waals surface area contributed by atoms with Crippen molar-refractivity contribution < 1.29 is 9.13 Å². The molecule has 8 heteroatoms. The van der Waals surface area contributed by atoms with Crippen molar-refractivity contribution >= 4 is 17.2 Å². The number of rotatable bonds is 5. The van der Waals surface area contributed by atoms with Crippen molar-refractivity contribution in [3.63, 3.8) is 0 Å². The quantitative estimate of drug-likeness (QED) is 0.807. The van der Waals surface area contributed by atoms with Crippen LogP contribution in [-0.2, 0) is 0 Å². The second-order valence-corrected chi connectivity index (χ2v) is 6.24. The highest BCUT2D eigenvalue weighted by atomic mass is 19.1. The van der Waals surface area contributed by atoms with Crippen molar-refractivity contribution in [2.24, 2.45) is 0 Å². The Bertz CT molecular complexity index is 781. The van der Waals surface area contributed by atoms with E-state index in [4.69, 9.17) is 15.9 Å². The van der Waals surface area contributed by atoms with Gasteiger partial charge in [0, 0.05) is 24.2 Å². The molecule has 0 aliphatic carbocycles. The molecule has 1 saturated heterocycles. The minimum atomic E-state index is -0.843. The Morgan fingerprint density at radius 3 is 2.84 bits per heavy atom. The van der Waals surface area contributed by atoms with Gasteiger partial charge in [0.1, 0.15) is 18.3 Å². The summed E-state index contributed by atoms with van der Waals surface area (Å²) in [6.45, 7) is 4.71. The van der Waals surface area contributed by atoms with Gasteiger partial charge in [0.05, 0.1) is 35.9 Å². The molecule has 1 aliphatic heterocycles. The fourth-order valence-corrected chi connectivity index (χ4v) is 2.69. The molecule has 0 radical (unpaired) electrons. The Kier molecular flexibility index (Phi) is 4.78. The number of halogens is 1. The molecule has 25 heavy (non-hydrogen) atoms. The van der Waals surface area contributed by atoms with E-state index in [1.165, 1.54) is 12.5 Å². The summed E-state index contributed by atoms with van der Waals surface area (Å²) in [7, 11) is 0. The third-order valence-electron chi connectivity index (χ3n) is 3.90. The third-order valence-corrected chi connectivity index (χ3v) is 3.90. The molecule has 0 amide bonds. The molecule has 3 N–H and O–H groups in total. The van der Waals surface area contributed by atoms with Gasteiger partial charge in [0.25, 0.3) is 0 Å². The van der Waals surface area contributed by atoms with Crippen molar-refractivity contribution in [3.8, 4) is 5.88 Å². The van der Waals surface area contributed by atoms with Gasteiger partial charge in [-0.05, 0) is 20.3 Å². The summed E-state index contributed by atoms with van der Waals surface area (Å²) >= 11 is 0. The second-order valence-electron chi connectivity index (χ2n) is 6.24. The lowest BCUT2D eigenvalue weighted by Crippen LogP contribution is -2.22. The first-order chi connectivity index (χ1) is 11.9. The first-order valence-corrected chi connectivity index (χ1v) is 8.16. The van der Waals surface area contributed by atoms with E-state index < -0.39 is 6.17 Å². The average molecular weight is 344 g/mol. The molecule has 3 rings (SSSR count). The summed E-state index contributed by atoms with van der Waals surface area (Å²) in [4.78, 5) is 14.3. The number of nitrogens with one attached hydrogen (secondary N) is 1. The third kappa shape index (κ3) is 3.84. The maximum Gasteiger partial charge on any atom is 0.214 e. The van der Waals surface area contributed by atoms with Crippen molar-refractivity contribution in [1.29, 1.82) is 5.41 Å². The van der Waals surface area contributed by atoms with Gasteiger partial charge in [-0.15, -0.1) is 0 Å². The van der Waals surface area contributed by atoms with Gasteiger partial charge in [-0.3, -0.25) is 5.41 Å². The van der Waals surface area contributed by atoms with Crippen LogP contribution in [0.25, 0.3) is 0 Å². The van der Waals surface area contributed by atoms with Crippen LogP contribution >= 0.6 is 0 Å². The van der Waals surface area contributed by atoms with E-state index in [9.17, 15) is 4.39 Å². The summed E-state index contributed by atoms with van der Waals surface area (Å²) in [6, 6.07) is 3.32. The van der Waals surface area contributed by atoms with Gasteiger partial charge in [0.15, 0.2) is 0 Å². The monoisotopic (exact) mass is 344 g/mol. The molecular weight excluding hydrogens is 323 g/mol. The Labute approximate surface area is 145 Å². The van der Waals surface area contributed by atoms with Crippen LogP contribution in [0.2, 0.25) is 0 Å². The molecule has 1 unspecified atom stereocenters. The normalized spacial score (nSPS) is 17.1. The topological polar surface area (TPSA) is 101 Å². The maximum absolute atomic E-state index is 13.4. The molecule has 0 saturated carbocycles. The van der Waals surface area contributed by atoms with Gasteiger partial charge >= 0.3 is 0 Å². The summed E-state index contributed by atoms with van der Waals surface area (Å²) in [5.41, 5.74) is 7.39. The van der Waals surface area contributed by atoms with Gasteiger partial charge in [-0.1, -0.05) is 0 Å². The van der Waals surface area contributed by atoms with E-state index in [1.54, 1.807) is 12.1 Å². The molecular formula is C17H21FN6O. The standard InChI is InChI=1S/C17H21FN6O/c1-10(2)25-16-5-12(13(19)7-21-16)17(20)14-6-15(23-9-22-14)24-4-3-11(18)8-24/h5-7,9-11,20H,3-4,8,19H2,1-2H3. The van der Waals surface area contributed by atoms with Gasteiger partial charge < -0.3 is 15.4 Å². The van der Waals surface area contributed by atoms with Crippen molar-refractivity contribution in [3.05, 3.63) is 35.9 Å². The lowest BCUT2D eigenvalue weighted by atomic mass is 10.1. The maximum atomic E-state index is 13.4. The lowest BCUT2D eigenvalue weighted by molar-refractivity contribution is 0.232. The van der Waals surface area contributed by atoms with E-state index in [-0.39, 0.29) is 11.8 Å². The number of hydrogen-bond acceptors (Lipinski definition) is 7. The summed E-state index contributed by atoms with van der Waals surface area (Å²) in [5, 5.41) is 8.45. The number of aromatic nitrogens is 3. The largest absolute Gasteiger partial charge is 0.475 e. The molecule has 2 aromatic rings. The van der Waals surface area contributed by atoms with Crippen molar-refractivity contribution in [2.75, 3.05) is 23.7 Å². The fraction of sp³-hybridized carbons (Fsp3) is 0.412. The highest BCUT2D eigenvalue weighted by molar-refractivity contribution is 6.13. The van der Waals surface area contributed by atoms with Crippen LogP contribution in [0.1, 0.15) is 31.5 Å². The van der Waals surface area contributed by atoms with Crippen LogP contribution in [0.15, 0.2) is 24.7 Å². The summed E-state index contributed by atoms with van der Waals surface area (Å²) in [6.07, 6.45) is 2.47. The van der Waals surface area contributed by atoms with Crippen molar-refractivity contribution in [2.45, 2.75) is 32.5 Å². The molecule has 132 valence electrons. The molecule has 1 aliphatic rings. The van der Waals surface area contributed by atoms with E-state index in [1.807, 2.05) is 18.7 Å². The molecule has 1 atom stereocenters. The number of anilines is 2. The first-order valence-electron chi connectivity index (χ1n) is 8.16. The number of hydrogen-bond donors (Lipinski definition) is 2.